The maximum absolute atomic E-state index is 13.1. The Morgan fingerprint density at radius 1 is 1.27 bits per heavy atom. The standard InChI is InChI=1S/C16H18F3NO2/c17-16(18,19)13(11-5-2-1-3-6-11)9-15(22)20-10-12-7-4-8-14(12)21/h1-3,5-6,9,12,14,21H,4,7-8,10H2,(H,20,22). The van der Waals surface area contributed by atoms with Crippen LogP contribution in [0.3, 0.4) is 0 Å². The number of carbonyl (C=O) groups excluding carboxylic acids is 1. The highest BCUT2D eigenvalue weighted by Crippen LogP contribution is 2.33. The number of carbonyl (C=O) groups is 1. The van der Waals surface area contributed by atoms with E-state index in [1.54, 1.807) is 6.07 Å². The van der Waals surface area contributed by atoms with E-state index < -0.39 is 23.8 Å². The molecule has 0 heterocycles. The number of benzene rings is 1. The summed E-state index contributed by atoms with van der Waals surface area (Å²) in [7, 11) is 0. The van der Waals surface area contributed by atoms with E-state index in [1.165, 1.54) is 24.3 Å². The fraction of sp³-hybridized carbons (Fsp3) is 0.438. The molecule has 1 aromatic rings. The average molecular weight is 313 g/mol. The van der Waals surface area contributed by atoms with Crippen molar-refractivity contribution in [3.05, 3.63) is 42.0 Å². The number of hydrogen-bond donors (Lipinski definition) is 2. The van der Waals surface area contributed by atoms with Crippen LogP contribution in [0.4, 0.5) is 13.2 Å². The van der Waals surface area contributed by atoms with Crippen molar-refractivity contribution in [2.75, 3.05) is 6.54 Å². The molecule has 0 aromatic heterocycles. The van der Waals surface area contributed by atoms with E-state index in [9.17, 15) is 23.1 Å². The average Bonchev–Trinajstić information content (AvgIpc) is 2.87. The molecule has 0 radical (unpaired) electrons. The number of amides is 1. The Bertz CT molecular complexity index is 540. The first kappa shape index (κ1) is 16.5. The van der Waals surface area contributed by atoms with Gasteiger partial charge in [0.15, 0.2) is 0 Å². The second kappa shape index (κ2) is 6.96. The van der Waals surface area contributed by atoms with Gasteiger partial charge in [-0.2, -0.15) is 13.2 Å². The first-order chi connectivity index (χ1) is 10.4. The largest absolute Gasteiger partial charge is 0.417 e. The number of halogens is 3. The van der Waals surface area contributed by atoms with Gasteiger partial charge in [-0.15, -0.1) is 0 Å². The molecule has 0 spiro atoms. The third-order valence-electron chi connectivity index (χ3n) is 3.82. The lowest BCUT2D eigenvalue weighted by molar-refractivity contribution is -0.117. The van der Waals surface area contributed by atoms with E-state index in [0.717, 1.165) is 12.8 Å². The van der Waals surface area contributed by atoms with Crippen LogP contribution in [0.25, 0.3) is 5.57 Å². The van der Waals surface area contributed by atoms with Crippen LogP contribution in [0, 0.1) is 5.92 Å². The summed E-state index contributed by atoms with van der Waals surface area (Å²) in [4.78, 5) is 11.8. The van der Waals surface area contributed by atoms with Gasteiger partial charge in [0.1, 0.15) is 0 Å². The van der Waals surface area contributed by atoms with Gasteiger partial charge in [0.2, 0.25) is 5.91 Å². The Morgan fingerprint density at radius 3 is 2.50 bits per heavy atom. The van der Waals surface area contributed by atoms with Crippen molar-refractivity contribution in [3.63, 3.8) is 0 Å². The molecule has 0 saturated heterocycles. The molecule has 1 saturated carbocycles. The number of aliphatic hydroxyl groups excluding tert-OH is 1. The van der Waals surface area contributed by atoms with Crippen LogP contribution >= 0.6 is 0 Å². The SMILES string of the molecule is O=C(C=C(c1ccccc1)C(F)(F)F)NCC1CCCC1O. The highest BCUT2D eigenvalue weighted by molar-refractivity contribution is 5.96. The molecule has 1 fully saturated rings. The topological polar surface area (TPSA) is 49.3 Å². The monoisotopic (exact) mass is 313 g/mol. The molecular weight excluding hydrogens is 295 g/mol. The van der Waals surface area contributed by atoms with E-state index >= 15 is 0 Å². The predicted molar refractivity (Wildman–Crippen MR) is 76.8 cm³/mol. The summed E-state index contributed by atoms with van der Waals surface area (Å²) < 4.78 is 39.2. The van der Waals surface area contributed by atoms with Gasteiger partial charge >= 0.3 is 6.18 Å². The Labute approximate surface area is 126 Å². The molecule has 1 amide bonds. The van der Waals surface area contributed by atoms with Crippen molar-refractivity contribution in [2.24, 2.45) is 5.92 Å². The zero-order valence-electron chi connectivity index (χ0n) is 11.9. The molecule has 2 atom stereocenters. The molecule has 0 bridgehead atoms. The minimum Gasteiger partial charge on any atom is -0.393 e. The number of rotatable bonds is 4. The normalized spacial score (nSPS) is 22.6. The van der Waals surface area contributed by atoms with Gasteiger partial charge in [0.05, 0.1) is 11.7 Å². The molecule has 22 heavy (non-hydrogen) atoms. The van der Waals surface area contributed by atoms with Gasteiger partial charge < -0.3 is 10.4 Å². The van der Waals surface area contributed by atoms with Crippen molar-refractivity contribution in [2.45, 2.75) is 31.5 Å². The highest BCUT2D eigenvalue weighted by atomic mass is 19.4. The first-order valence-electron chi connectivity index (χ1n) is 7.18. The fourth-order valence-electron chi connectivity index (χ4n) is 2.62. The Balaban J connectivity index is 2.07. The van der Waals surface area contributed by atoms with Crippen LogP contribution < -0.4 is 5.32 Å². The van der Waals surface area contributed by atoms with Gasteiger partial charge in [-0.3, -0.25) is 4.79 Å². The number of hydrogen-bond acceptors (Lipinski definition) is 2. The van der Waals surface area contributed by atoms with E-state index in [1.807, 2.05) is 0 Å². The smallest absolute Gasteiger partial charge is 0.393 e. The van der Waals surface area contributed by atoms with Crippen LogP contribution in [0.5, 0.6) is 0 Å². The Hall–Kier alpha value is -1.82. The quantitative estimate of drug-likeness (QED) is 0.840. The second-order valence-electron chi connectivity index (χ2n) is 5.43. The van der Waals surface area contributed by atoms with Crippen molar-refractivity contribution in [1.82, 2.24) is 5.32 Å². The zero-order chi connectivity index (χ0) is 16.2. The third-order valence-corrected chi connectivity index (χ3v) is 3.82. The lowest BCUT2D eigenvalue weighted by Gasteiger charge is -2.15. The molecule has 120 valence electrons. The van der Waals surface area contributed by atoms with Crippen molar-refractivity contribution in [1.29, 1.82) is 0 Å². The van der Waals surface area contributed by atoms with Crippen molar-refractivity contribution >= 4 is 11.5 Å². The minimum absolute atomic E-state index is 0.0500. The van der Waals surface area contributed by atoms with Gasteiger partial charge in [-0.25, -0.2) is 0 Å². The number of alkyl halides is 3. The lowest BCUT2D eigenvalue weighted by atomic mass is 10.0. The fourth-order valence-corrected chi connectivity index (χ4v) is 2.62. The highest BCUT2D eigenvalue weighted by Gasteiger charge is 2.35. The molecule has 2 N–H and O–H groups in total. The van der Waals surface area contributed by atoms with Gasteiger partial charge in [-0.05, 0) is 18.4 Å². The number of aliphatic hydroxyl groups is 1. The van der Waals surface area contributed by atoms with E-state index in [0.29, 0.717) is 12.5 Å². The molecule has 3 nitrogen and oxygen atoms in total. The lowest BCUT2D eigenvalue weighted by Crippen LogP contribution is -2.32. The summed E-state index contributed by atoms with van der Waals surface area (Å²) in [5, 5.41) is 12.1. The summed E-state index contributed by atoms with van der Waals surface area (Å²) >= 11 is 0. The first-order valence-corrected chi connectivity index (χ1v) is 7.18. The minimum atomic E-state index is -4.61. The predicted octanol–water partition coefficient (Wildman–Crippen LogP) is 2.91. The van der Waals surface area contributed by atoms with Gasteiger partial charge in [0.25, 0.3) is 0 Å². The summed E-state index contributed by atoms with van der Waals surface area (Å²) in [6.45, 7) is 0.191. The zero-order valence-corrected chi connectivity index (χ0v) is 11.9. The maximum Gasteiger partial charge on any atom is 0.417 e. The van der Waals surface area contributed by atoms with Crippen molar-refractivity contribution in [3.8, 4) is 0 Å². The summed E-state index contributed by atoms with van der Waals surface area (Å²) in [5.41, 5.74) is -1.02. The van der Waals surface area contributed by atoms with Crippen LogP contribution in [0.2, 0.25) is 0 Å². The Morgan fingerprint density at radius 2 is 1.95 bits per heavy atom. The number of nitrogens with one attached hydrogen (secondary N) is 1. The Kier molecular flexibility index (Phi) is 5.24. The molecule has 1 aliphatic carbocycles. The second-order valence-corrected chi connectivity index (χ2v) is 5.43. The van der Waals surface area contributed by atoms with E-state index in [2.05, 4.69) is 5.32 Å². The molecule has 1 aromatic carbocycles. The molecule has 1 aliphatic rings. The molecule has 6 heteroatoms. The van der Waals surface area contributed by atoms with E-state index in [-0.39, 0.29) is 18.0 Å². The van der Waals surface area contributed by atoms with Crippen LogP contribution in [0.1, 0.15) is 24.8 Å². The van der Waals surface area contributed by atoms with Gasteiger partial charge in [-0.1, -0.05) is 36.8 Å². The summed E-state index contributed by atoms with van der Waals surface area (Å²) in [6, 6.07) is 7.21. The summed E-state index contributed by atoms with van der Waals surface area (Å²) in [6.07, 6.45) is -2.19. The van der Waals surface area contributed by atoms with Crippen LogP contribution in [-0.4, -0.2) is 29.8 Å². The van der Waals surface area contributed by atoms with Crippen LogP contribution in [-0.2, 0) is 4.79 Å². The van der Waals surface area contributed by atoms with E-state index in [4.69, 9.17) is 0 Å². The molecule has 2 rings (SSSR count). The molecule has 0 aliphatic heterocycles. The van der Waals surface area contributed by atoms with Gasteiger partial charge in [0, 0.05) is 18.5 Å². The maximum atomic E-state index is 13.1. The molecule has 2 unspecified atom stereocenters. The van der Waals surface area contributed by atoms with Crippen molar-refractivity contribution < 1.29 is 23.1 Å². The third kappa shape index (κ3) is 4.34. The van der Waals surface area contributed by atoms with Crippen LogP contribution in [0.15, 0.2) is 36.4 Å². The number of allylic oxidation sites excluding steroid dienone is 1. The molecular formula is C16H18F3NO2. The summed E-state index contributed by atoms with van der Waals surface area (Å²) in [5.74, 6) is -0.876.